The summed E-state index contributed by atoms with van der Waals surface area (Å²) < 4.78 is 5.01. The van der Waals surface area contributed by atoms with Crippen molar-refractivity contribution >= 4 is 81.1 Å². The molecule has 0 aliphatic rings. The van der Waals surface area contributed by atoms with E-state index in [-0.39, 0.29) is 0 Å². The highest BCUT2D eigenvalue weighted by atomic mass is 32.1. The van der Waals surface area contributed by atoms with Gasteiger partial charge in [0.25, 0.3) is 0 Å². The van der Waals surface area contributed by atoms with Crippen LogP contribution in [0.3, 0.4) is 0 Å². The van der Waals surface area contributed by atoms with Gasteiger partial charge < -0.3 is 9.47 Å². The second-order valence-electron chi connectivity index (χ2n) is 14.2. The normalized spacial score (nSPS) is 11.6. The maximum Gasteiger partial charge on any atom is 0.0541 e. The molecule has 11 rings (SSSR count). The van der Waals surface area contributed by atoms with Gasteiger partial charge in [0, 0.05) is 53.6 Å². The van der Waals surface area contributed by atoms with Crippen LogP contribution in [0.4, 0.5) is 17.1 Å². The lowest BCUT2D eigenvalue weighted by atomic mass is 9.98. The third-order valence-corrected chi connectivity index (χ3v) is 12.1. The zero-order valence-electron chi connectivity index (χ0n) is 29.9. The number of benzene rings is 9. The molecular weight excluding hydrogens is 685 g/mol. The van der Waals surface area contributed by atoms with Gasteiger partial charge in [-0.1, -0.05) is 127 Å². The lowest BCUT2D eigenvalue weighted by molar-refractivity contribution is 1.17. The van der Waals surface area contributed by atoms with Crippen molar-refractivity contribution in [3.05, 3.63) is 206 Å². The van der Waals surface area contributed by atoms with Gasteiger partial charge >= 0.3 is 0 Å². The van der Waals surface area contributed by atoms with Gasteiger partial charge in [-0.15, -0.1) is 11.3 Å². The predicted molar refractivity (Wildman–Crippen MR) is 237 cm³/mol. The minimum absolute atomic E-state index is 1.09. The topological polar surface area (TPSA) is 8.17 Å². The van der Waals surface area contributed by atoms with Gasteiger partial charge in [-0.05, 0) is 106 Å². The number of fused-ring (bicyclic) bond motifs is 7. The van der Waals surface area contributed by atoms with E-state index < -0.39 is 0 Å². The second-order valence-corrected chi connectivity index (χ2v) is 15.2. The average Bonchev–Trinajstić information content (AvgIpc) is 3.80. The Morgan fingerprint density at radius 3 is 1.82 bits per heavy atom. The van der Waals surface area contributed by atoms with Crippen LogP contribution in [0.2, 0.25) is 0 Å². The van der Waals surface area contributed by atoms with E-state index in [0.717, 1.165) is 22.7 Å². The summed E-state index contributed by atoms with van der Waals surface area (Å²) in [6.45, 7) is 0. The average molecular weight is 719 g/mol. The molecule has 0 bridgehead atoms. The third kappa shape index (κ3) is 5.32. The molecule has 0 N–H and O–H groups in total. The fraction of sp³-hybridized carbons (Fsp3) is 0. The molecule has 2 nitrogen and oxygen atoms in total. The van der Waals surface area contributed by atoms with Crippen molar-refractivity contribution in [2.45, 2.75) is 0 Å². The number of rotatable bonds is 6. The fourth-order valence-electron chi connectivity index (χ4n) is 8.38. The van der Waals surface area contributed by atoms with Crippen LogP contribution in [0.25, 0.3) is 80.7 Å². The number of anilines is 3. The van der Waals surface area contributed by atoms with E-state index >= 15 is 0 Å². The summed E-state index contributed by atoms with van der Waals surface area (Å²) in [4.78, 5) is 2.42. The van der Waals surface area contributed by atoms with Gasteiger partial charge in [0.05, 0.1) is 16.7 Å². The van der Waals surface area contributed by atoms with Crippen molar-refractivity contribution in [2.75, 3.05) is 4.90 Å². The molecule has 11 aromatic rings. The van der Waals surface area contributed by atoms with Crippen LogP contribution in [-0.4, -0.2) is 4.57 Å². The zero-order valence-corrected chi connectivity index (χ0v) is 30.7. The van der Waals surface area contributed by atoms with Crippen molar-refractivity contribution in [1.82, 2.24) is 4.57 Å². The molecule has 0 saturated carbocycles. The van der Waals surface area contributed by atoms with E-state index in [0.29, 0.717) is 0 Å². The zero-order chi connectivity index (χ0) is 36.3. The number of hydrogen-bond acceptors (Lipinski definition) is 2. The highest BCUT2D eigenvalue weighted by Gasteiger charge is 2.20. The first kappa shape index (κ1) is 31.6. The van der Waals surface area contributed by atoms with Gasteiger partial charge in [0.2, 0.25) is 0 Å². The number of thiophene rings is 1. The van der Waals surface area contributed by atoms with Gasteiger partial charge in [-0.25, -0.2) is 0 Å². The summed E-state index contributed by atoms with van der Waals surface area (Å²) in [6.07, 6.45) is 0. The molecule has 0 spiro atoms. The fourth-order valence-corrected chi connectivity index (χ4v) is 9.46. The van der Waals surface area contributed by atoms with Gasteiger partial charge in [-0.3, -0.25) is 0 Å². The van der Waals surface area contributed by atoms with Gasteiger partial charge in [0.15, 0.2) is 0 Å². The standard InChI is InChI=1S/C52H34N2S/c1-2-13-36-32-38(25-24-35(36)12-1)37-14-11-15-42(33-37)53(40-27-29-41(30-28-40)54-49-21-8-4-17-44(49)45-18-5-9-22-50(45)54)48-20-7-3-16-43(48)39-26-31-52-47(34-39)46-19-6-10-23-51(46)55-52/h1-34H. The van der Waals surface area contributed by atoms with Gasteiger partial charge in [0.1, 0.15) is 0 Å². The molecule has 9 aromatic carbocycles. The van der Waals surface area contributed by atoms with E-state index in [1.165, 1.54) is 75.0 Å². The highest BCUT2D eigenvalue weighted by molar-refractivity contribution is 7.25. The van der Waals surface area contributed by atoms with Crippen LogP contribution >= 0.6 is 11.3 Å². The lowest BCUT2D eigenvalue weighted by Gasteiger charge is -2.28. The SMILES string of the molecule is c1cc(-c2ccc3ccccc3c2)cc(N(c2ccc(-n3c4ccccc4c4ccccc43)cc2)c2ccccc2-c2ccc3sc4ccccc4c3c2)c1. The molecular formula is C52H34N2S. The van der Waals surface area contributed by atoms with E-state index in [2.05, 4.69) is 216 Å². The lowest BCUT2D eigenvalue weighted by Crippen LogP contribution is -2.11. The molecule has 0 aliphatic heterocycles. The summed E-state index contributed by atoms with van der Waals surface area (Å²) in [7, 11) is 0. The minimum Gasteiger partial charge on any atom is -0.310 e. The summed E-state index contributed by atoms with van der Waals surface area (Å²) in [5.41, 5.74) is 11.6. The van der Waals surface area contributed by atoms with Crippen LogP contribution in [0.15, 0.2) is 206 Å². The quantitative estimate of drug-likeness (QED) is 0.166. The summed E-state index contributed by atoms with van der Waals surface area (Å²) in [5.74, 6) is 0. The Hall–Kier alpha value is -6.94. The second kappa shape index (κ2) is 12.9. The van der Waals surface area contributed by atoms with Crippen molar-refractivity contribution in [2.24, 2.45) is 0 Å². The van der Waals surface area contributed by atoms with Crippen molar-refractivity contribution in [1.29, 1.82) is 0 Å². The largest absolute Gasteiger partial charge is 0.310 e. The Morgan fingerprint density at radius 2 is 1.00 bits per heavy atom. The van der Waals surface area contributed by atoms with E-state index in [1.54, 1.807) is 0 Å². The predicted octanol–water partition coefficient (Wildman–Crippen LogP) is 15.1. The van der Waals surface area contributed by atoms with Crippen LogP contribution in [-0.2, 0) is 0 Å². The highest BCUT2D eigenvalue weighted by Crippen LogP contribution is 2.44. The molecule has 2 heterocycles. The maximum atomic E-state index is 2.42. The Morgan fingerprint density at radius 1 is 0.364 bits per heavy atom. The molecule has 258 valence electrons. The molecule has 0 saturated heterocycles. The van der Waals surface area contributed by atoms with Crippen molar-refractivity contribution < 1.29 is 0 Å². The maximum absolute atomic E-state index is 2.42. The molecule has 0 aliphatic carbocycles. The summed E-state index contributed by atoms with van der Waals surface area (Å²) in [6, 6.07) is 75.3. The molecule has 3 heteroatoms. The Bertz CT molecular complexity index is 3170. The molecule has 0 atom stereocenters. The van der Waals surface area contributed by atoms with Crippen LogP contribution < -0.4 is 4.90 Å². The first-order valence-electron chi connectivity index (χ1n) is 18.8. The van der Waals surface area contributed by atoms with E-state index in [1.807, 2.05) is 11.3 Å². The number of para-hydroxylation sites is 3. The Balaban J connectivity index is 1.09. The molecule has 0 fully saturated rings. The van der Waals surface area contributed by atoms with E-state index in [4.69, 9.17) is 0 Å². The van der Waals surface area contributed by atoms with Crippen LogP contribution in [0.1, 0.15) is 0 Å². The number of hydrogen-bond donors (Lipinski definition) is 0. The molecule has 0 radical (unpaired) electrons. The summed E-state index contributed by atoms with van der Waals surface area (Å²) in [5, 5.41) is 7.62. The summed E-state index contributed by atoms with van der Waals surface area (Å²) >= 11 is 1.86. The van der Waals surface area contributed by atoms with Crippen LogP contribution in [0, 0.1) is 0 Å². The number of nitrogens with zero attached hydrogens (tertiary/aromatic N) is 2. The molecule has 0 unspecified atom stereocenters. The van der Waals surface area contributed by atoms with E-state index in [9.17, 15) is 0 Å². The minimum atomic E-state index is 1.09. The van der Waals surface area contributed by atoms with Crippen molar-refractivity contribution in [3.63, 3.8) is 0 Å². The first-order valence-corrected chi connectivity index (χ1v) is 19.6. The van der Waals surface area contributed by atoms with Crippen molar-refractivity contribution in [3.8, 4) is 27.9 Å². The Kier molecular flexibility index (Phi) is 7.39. The van der Waals surface area contributed by atoms with Gasteiger partial charge in [-0.2, -0.15) is 0 Å². The van der Waals surface area contributed by atoms with Crippen LogP contribution in [0.5, 0.6) is 0 Å². The Labute approximate surface area is 323 Å². The number of aromatic nitrogens is 1. The third-order valence-electron chi connectivity index (χ3n) is 11.0. The monoisotopic (exact) mass is 718 g/mol. The molecule has 2 aromatic heterocycles. The molecule has 55 heavy (non-hydrogen) atoms. The first-order chi connectivity index (χ1) is 27.3. The molecule has 0 amide bonds. The smallest absolute Gasteiger partial charge is 0.0541 e.